The van der Waals surface area contributed by atoms with Crippen LogP contribution in [0.25, 0.3) is 0 Å². The zero-order valence-electron chi connectivity index (χ0n) is 16.6. The number of hydrogen-bond acceptors (Lipinski definition) is 4. The molecule has 1 saturated heterocycles. The highest BCUT2D eigenvalue weighted by Crippen LogP contribution is 2.08. The van der Waals surface area contributed by atoms with E-state index in [-0.39, 0.29) is 0 Å². The number of aliphatic imine (C=N–C) groups is 1. The standard InChI is InChI=1S/C20H35N5O/c1-4-21-20(22-9-6-10-25-11-13-26-14-12-25)23-16-18-7-5-8-19(15-18)17-24(2)3/h5,7-8,15H,4,6,9-14,16-17H2,1-3H3,(H2,21,22,23). The van der Waals surface area contributed by atoms with Crippen molar-refractivity contribution >= 4 is 5.96 Å². The molecule has 146 valence electrons. The van der Waals surface area contributed by atoms with E-state index in [0.717, 1.165) is 64.9 Å². The maximum absolute atomic E-state index is 5.39. The number of rotatable bonds is 9. The summed E-state index contributed by atoms with van der Waals surface area (Å²) in [6.07, 6.45) is 1.11. The predicted octanol–water partition coefficient (Wildman–Crippen LogP) is 1.53. The number of guanidine groups is 1. The summed E-state index contributed by atoms with van der Waals surface area (Å²) in [4.78, 5) is 9.38. The number of morpholine rings is 1. The van der Waals surface area contributed by atoms with Crippen molar-refractivity contribution in [3.8, 4) is 0 Å². The molecule has 2 N–H and O–H groups in total. The van der Waals surface area contributed by atoms with Crippen LogP contribution in [0.1, 0.15) is 24.5 Å². The van der Waals surface area contributed by atoms with E-state index in [9.17, 15) is 0 Å². The second-order valence-electron chi connectivity index (χ2n) is 6.99. The minimum absolute atomic E-state index is 0.695. The zero-order valence-corrected chi connectivity index (χ0v) is 16.6. The molecule has 0 unspecified atom stereocenters. The number of ether oxygens (including phenoxy) is 1. The van der Waals surface area contributed by atoms with Crippen LogP contribution >= 0.6 is 0 Å². The van der Waals surface area contributed by atoms with Gasteiger partial charge in [0, 0.05) is 32.7 Å². The van der Waals surface area contributed by atoms with Gasteiger partial charge in [0.15, 0.2) is 5.96 Å². The lowest BCUT2D eigenvalue weighted by atomic mass is 10.1. The smallest absolute Gasteiger partial charge is 0.191 e. The van der Waals surface area contributed by atoms with Crippen LogP contribution in [0.2, 0.25) is 0 Å². The summed E-state index contributed by atoms with van der Waals surface area (Å²) in [6, 6.07) is 8.67. The molecule has 0 saturated carbocycles. The Balaban J connectivity index is 1.78. The van der Waals surface area contributed by atoms with Gasteiger partial charge in [0.25, 0.3) is 0 Å². The Morgan fingerprint density at radius 3 is 2.69 bits per heavy atom. The van der Waals surface area contributed by atoms with Gasteiger partial charge in [-0.2, -0.15) is 0 Å². The van der Waals surface area contributed by atoms with Gasteiger partial charge in [0.2, 0.25) is 0 Å². The van der Waals surface area contributed by atoms with Gasteiger partial charge in [-0.3, -0.25) is 4.90 Å². The Morgan fingerprint density at radius 2 is 1.96 bits per heavy atom. The first-order chi connectivity index (χ1) is 12.7. The maximum atomic E-state index is 5.39. The van der Waals surface area contributed by atoms with Crippen molar-refractivity contribution in [1.29, 1.82) is 0 Å². The third-order valence-corrected chi connectivity index (χ3v) is 4.30. The average Bonchev–Trinajstić information content (AvgIpc) is 2.64. The van der Waals surface area contributed by atoms with Crippen molar-refractivity contribution in [1.82, 2.24) is 20.4 Å². The van der Waals surface area contributed by atoms with Gasteiger partial charge >= 0.3 is 0 Å². The van der Waals surface area contributed by atoms with E-state index < -0.39 is 0 Å². The van der Waals surface area contributed by atoms with Gasteiger partial charge in [-0.15, -0.1) is 0 Å². The molecule has 0 aromatic heterocycles. The third kappa shape index (κ3) is 8.17. The van der Waals surface area contributed by atoms with Crippen LogP contribution in [0.15, 0.2) is 29.3 Å². The monoisotopic (exact) mass is 361 g/mol. The molecule has 1 aliphatic heterocycles. The van der Waals surface area contributed by atoms with E-state index in [1.807, 2.05) is 0 Å². The molecule has 0 amide bonds. The second-order valence-corrected chi connectivity index (χ2v) is 6.99. The summed E-state index contributed by atoms with van der Waals surface area (Å²) in [7, 11) is 4.18. The summed E-state index contributed by atoms with van der Waals surface area (Å²) < 4.78 is 5.39. The van der Waals surface area contributed by atoms with Gasteiger partial charge in [-0.05, 0) is 45.1 Å². The average molecular weight is 362 g/mol. The molecule has 6 heteroatoms. The van der Waals surface area contributed by atoms with Gasteiger partial charge in [-0.1, -0.05) is 24.3 Å². The minimum atomic E-state index is 0.695. The van der Waals surface area contributed by atoms with Crippen LogP contribution in [0.5, 0.6) is 0 Å². The van der Waals surface area contributed by atoms with Crippen LogP contribution < -0.4 is 10.6 Å². The lowest BCUT2D eigenvalue weighted by molar-refractivity contribution is 0.0376. The fraction of sp³-hybridized carbons (Fsp3) is 0.650. The minimum Gasteiger partial charge on any atom is -0.379 e. The van der Waals surface area contributed by atoms with Crippen molar-refractivity contribution < 1.29 is 4.74 Å². The fourth-order valence-corrected chi connectivity index (χ4v) is 3.04. The van der Waals surface area contributed by atoms with Crippen LogP contribution in [0, 0.1) is 0 Å². The lowest BCUT2D eigenvalue weighted by Crippen LogP contribution is -2.40. The maximum Gasteiger partial charge on any atom is 0.191 e. The number of nitrogens with zero attached hydrogens (tertiary/aromatic N) is 3. The lowest BCUT2D eigenvalue weighted by Gasteiger charge is -2.26. The Bertz CT molecular complexity index is 541. The SMILES string of the molecule is CCNC(=NCc1cccc(CN(C)C)c1)NCCCN1CCOCC1. The number of hydrogen-bond donors (Lipinski definition) is 2. The fourth-order valence-electron chi connectivity index (χ4n) is 3.04. The largest absolute Gasteiger partial charge is 0.379 e. The molecular formula is C20H35N5O. The van der Waals surface area contributed by atoms with E-state index in [1.165, 1.54) is 11.1 Å². The van der Waals surface area contributed by atoms with E-state index in [1.54, 1.807) is 0 Å². The van der Waals surface area contributed by atoms with E-state index in [4.69, 9.17) is 9.73 Å². The first kappa shape index (κ1) is 20.7. The summed E-state index contributed by atoms with van der Waals surface area (Å²) in [6.45, 7) is 10.5. The van der Waals surface area contributed by atoms with Gasteiger partial charge in [-0.25, -0.2) is 4.99 Å². The molecule has 1 fully saturated rings. The summed E-state index contributed by atoms with van der Waals surface area (Å²) in [5, 5.41) is 6.79. The van der Waals surface area contributed by atoms with Crippen molar-refractivity contribution in [3.05, 3.63) is 35.4 Å². The molecule has 0 atom stereocenters. The van der Waals surface area contributed by atoms with Crippen molar-refractivity contribution in [3.63, 3.8) is 0 Å². The van der Waals surface area contributed by atoms with Crippen molar-refractivity contribution in [2.75, 3.05) is 60.0 Å². The first-order valence-corrected chi connectivity index (χ1v) is 9.72. The molecule has 0 bridgehead atoms. The molecule has 26 heavy (non-hydrogen) atoms. The zero-order chi connectivity index (χ0) is 18.6. The molecule has 1 aromatic carbocycles. The van der Waals surface area contributed by atoms with Crippen LogP contribution in [-0.2, 0) is 17.8 Å². The summed E-state index contributed by atoms with van der Waals surface area (Å²) >= 11 is 0. The summed E-state index contributed by atoms with van der Waals surface area (Å²) in [5.74, 6) is 0.896. The van der Waals surface area contributed by atoms with Crippen molar-refractivity contribution in [2.45, 2.75) is 26.4 Å². The second kappa shape index (κ2) is 11.9. The number of nitrogens with one attached hydrogen (secondary N) is 2. The Labute approximate surface area is 158 Å². The quantitative estimate of drug-likeness (QED) is 0.397. The highest BCUT2D eigenvalue weighted by atomic mass is 16.5. The molecule has 6 nitrogen and oxygen atoms in total. The molecule has 0 spiro atoms. The van der Waals surface area contributed by atoms with Crippen molar-refractivity contribution in [2.24, 2.45) is 4.99 Å². The molecule has 2 rings (SSSR count). The van der Waals surface area contributed by atoms with Gasteiger partial charge in [0.1, 0.15) is 0 Å². The highest BCUT2D eigenvalue weighted by molar-refractivity contribution is 5.79. The third-order valence-electron chi connectivity index (χ3n) is 4.30. The van der Waals surface area contributed by atoms with Crippen LogP contribution in [0.3, 0.4) is 0 Å². The van der Waals surface area contributed by atoms with Gasteiger partial charge < -0.3 is 20.3 Å². The molecule has 1 aliphatic rings. The highest BCUT2D eigenvalue weighted by Gasteiger charge is 2.09. The van der Waals surface area contributed by atoms with Gasteiger partial charge in [0.05, 0.1) is 19.8 Å². The first-order valence-electron chi connectivity index (χ1n) is 9.72. The van der Waals surface area contributed by atoms with Crippen LogP contribution in [-0.4, -0.2) is 75.8 Å². The van der Waals surface area contributed by atoms with E-state index >= 15 is 0 Å². The molecular weight excluding hydrogens is 326 g/mol. The topological polar surface area (TPSA) is 52.1 Å². The molecule has 1 aromatic rings. The Kier molecular flexibility index (Phi) is 9.45. The number of benzene rings is 1. The summed E-state index contributed by atoms with van der Waals surface area (Å²) in [5.41, 5.74) is 2.57. The normalized spacial score (nSPS) is 16.1. The predicted molar refractivity (Wildman–Crippen MR) is 109 cm³/mol. The molecule has 1 heterocycles. The van der Waals surface area contributed by atoms with E-state index in [0.29, 0.717) is 6.54 Å². The molecule has 0 aliphatic carbocycles. The van der Waals surface area contributed by atoms with Crippen LogP contribution in [0.4, 0.5) is 0 Å². The Hall–Kier alpha value is -1.63. The molecule has 0 radical (unpaired) electrons. The Morgan fingerprint density at radius 1 is 1.19 bits per heavy atom. The van der Waals surface area contributed by atoms with E-state index in [2.05, 4.69) is 65.7 Å².